The third-order valence-corrected chi connectivity index (χ3v) is 4.53. The van der Waals surface area contributed by atoms with Gasteiger partial charge in [0.1, 0.15) is 5.82 Å². The average Bonchev–Trinajstić information content (AvgIpc) is 3.03. The van der Waals surface area contributed by atoms with Gasteiger partial charge in [0.2, 0.25) is 0 Å². The number of alkyl halides is 2. The van der Waals surface area contributed by atoms with Gasteiger partial charge < -0.3 is 5.32 Å². The molecular formula is C13H19F2N3. The zero-order valence-corrected chi connectivity index (χ0v) is 10.4. The van der Waals surface area contributed by atoms with Gasteiger partial charge >= 0.3 is 6.55 Å². The van der Waals surface area contributed by atoms with Crippen LogP contribution in [0.4, 0.5) is 8.78 Å². The van der Waals surface area contributed by atoms with E-state index in [1.807, 2.05) is 0 Å². The van der Waals surface area contributed by atoms with E-state index in [2.05, 4.69) is 10.3 Å². The van der Waals surface area contributed by atoms with Crippen LogP contribution < -0.4 is 5.32 Å². The van der Waals surface area contributed by atoms with Gasteiger partial charge in [-0.3, -0.25) is 4.57 Å². The van der Waals surface area contributed by atoms with Gasteiger partial charge in [-0.2, -0.15) is 8.78 Å². The zero-order valence-electron chi connectivity index (χ0n) is 10.4. The number of nitrogens with zero attached hydrogens (tertiary/aromatic N) is 2. The van der Waals surface area contributed by atoms with Gasteiger partial charge in [0, 0.05) is 12.4 Å². The van der Waals surface area contributed by atoms with Crippen LogP contribution in [-0.4, -0.2) is 16.1 Å². The quantitative estimate of drug-likeness (QED) is 0.876. The Morgan fingerprint density at radius 1 is 1.39 bits per heavy atom. The van der Waals surface area contributed by atoms with E-state index in [9.17, 15) is 8.78 Å². The molecule has 100 valence electrons. The monoisotopic (exact) mass is 255 g/mol. The van der Waals surface area contributed by atoms with E-state index in [0.29, 0.717) is 12.4 Å². The molecule has 2 saturated carbocycles. The molecule has 5 heteroatoms. The lowest BCUT2D eigenvalue weighted by Gasteiger charge is -2.21. The van der Waals surface area contributed by atoms with Crippen LogP contribution in [0.15, 0.2) is 12.4 Å². The predicted octanol–water partition coefficient (Wildman–Crippen LogP) is 2.80. The van der Waals surface area contributed by atoms with Crippen molar-refractivity contribution in [3.63, 3.8) is 0 Å². The van der Waals surface area contributed by atoms with Crippen LogP contribution in [0, 0.1) is 17.8 Å². The molecule has 3 nitrogen and oxygen atoms in total. The number of hydrogen-bond acceptors (Lipinski definition) is 2. The van der Waals surface area contributed by atoms with Gasteiger partial charge in [-0.15, -0.1) is 0 Å². The number of nitrogens with one attached hydrogen (secondary N) is 1. The van der Waals surface area contributed by atoms with E-state index in [1.54, 1.807) is 0 Å². The molecule has 18 heavy (non-hydrogen) atoms. The summed E-state index contributed by atoms with van der Waals surface area (Å²) in [5.74, 6) is 2.98. The molecule has 1 aromatic rings. The van der Waals surface area contributed by atoms with E-state index in [-0.39, 0.29) is 0 Å². The second-order valence-corrected chi connectivity index (χ2v) is 5.59. The van der Waals surface area contributed by atoms with Crippen molar-refractivity contribution in [2.75, 3.05) is 6.54 Å². The maximum atomic E-state index is 12.6. The molecule has 2 fully saturated rings. The number of halogens is 2. The van der Waals surface area contributed by atoms with Gasteiger partial charge in [-0.25, -0.2) is 4.98 Å². The van der Waals surface area contributed by atoms with E-state index in [4.69, 9.17) is 0 Å². The van der Waals surface area contributed by atoms with Crippen molar-refractivity contribution >= 4 is 0 Å². The zero-order chi connectivity index (χ0) is 12.5. The highest BCUT2D eigenvalue weighted by atomic mass is 19.3. The summed E-state index contributed by atoms with van der Waals surface area (Å²) in [5.41, 5.74) is 0. The second kappa shape index (κ2) is 4.96. The molecule has 0 amide bonds. The number of rotatable bonds is 5. The molecule has 3 atom stereocenters. The molecule has 0 spiro atoms. The van der Waals surface area contributed by atoms with Crippen LogP contribution >= 0.6 is 0 Å². The SMILES string of the molecule is FC(F)n1ccnc1CNCC1CC2CCC1C2. The van der Waals surface area contributed by atoms with Gasteiger partial charge in [-0.05, 0) is 43.6 Å². The van der Waals surface area contributed by atoms with Crippen LogP contribution in [-0.2, 0) is 6.54 Å². The van der Waals surface area contributed by atoms with Crippen molar-refractivity contribution in [1.82, 2.24) is 14.9 Å². The van der Waals surface area contributed by atoms with Crippen molar-refractivity contribution in [2.45, 2.75) is 38.8 Å². The summed E-state index contributed by atoms with van der Waals surface area (Å²) in [5, 5.41) is 3.29. The van der Waals surface area contributed by atoms with E-state index in [1.165, 1.54) is 38.1 Å². The molecule has 1 aromatic heterocycles. The fraction of sp³-hybridized carbons (Fsp3) is 0.769. The number of aromatic nitrogens is 2. The van der Waals surface area contributed by atoms with Crippen molar-refractivity contribution in [1.29, 1.82) is 0 Å². The van der Waals surface area contributed by atoms with Crippen LogP contribution in [0.3, 0.4) is 0 Å². The molecule has 2 aliphatic carbocycles. The van der Waals surface area contributed by atoms with Crippen molar-refractivity contribution in [2.24, 2.45) is 17.8 Å². The number of fused-ring (bicyclic) bond motifs is 2. The largest absolute Gasteiger partial charge is 0.319 e. The van der Waals surface area contributed by atoms with E-state index >= 15 is 0 Å². The third-order valence-electron chi connectivity index (χ3n) is 4.53. The highest BCUT2D eigenvalue weighted by molar-refractivity contribution is 4.94. The summed E-state index contributed by atoms with van der Waals surface area (Å²) >= 11 is 0. The molecule has 0 radical (unpaired) electrons. The minimum Gasteiger partial charge on any atom is -0.310 e. The second-order valence-electron chi connectivity index (χ2n) is 5.59. The van der Waals surface area contributed by atoms with Crippen molar-refractivity contribution in [3.05, 3.63) is 18.2 Å². The normalized spacial score (nSPS) is 30.5. The molecule has 0 aromatic carbocycles. The van der Waals surface area contributed by atoms with Crippen LogP contribution in [0.5, 0.6) is 0 Å². The van der Waals surface area contributed by atoms with Gasteiger partial charge in [0.25, 0.3) is 0 Å². The minimum absolute atomic E-state index is 0.424. The Morgan fingerprint density at radius 3 is 2.94 bits per heavy atom. The van der Waals surface area contributed by atoms with E-state index < -0.39 is 6.55 Å². The maximum Gasteiger partial charge on any atom is 0.319 e. The minimum atomic E-state index is -2.49. The number of imidazole rings is 1. The van der Waals surface area contributed by atoms with E-state index in [0.717, 1.165) is 28.9 Å². The lowest BCUT2D eigenvalue weighted by molar-refractivity contribution is 0.0665. The first-order chi connectivity index (χ1) is 8.74. The Balaban J connectivity index is 1.48. The van der Waals surface area contributed by atoms with Crippen LogP contribution in [0.1, 0.15) is 38.1 Å². The smallest absolute Gasteiger partial charge is 0.310 e. The maximum absolute atomic E-state index is 12.6. The average molecular weight is 255 g/mol. The molecule has 3 unspecified atom stereocenters. The first-order valence-electron chi connectivity index (χ1n) is 6.74. The van der Waals surface area contributed by atoms with Crippen molar-refractivity contribution in [3.8, 4) is 0 Å². The fourth-order valence-corrected chi connectivity index (χ4v) is 3.65. The third kappa shape index (κ3) is 2.28. The Bertz CT molecular complexity index is 405. The summed E-state index contributed by atoms with van der Waals surface area (Å²) in [6, 6.07) is 0. The molecule has 1 heterocycles. The lowest BCUT2D eigenvalue weighted by Crippen LogP contribution is -2.27. The molecule has 0 saturated heterocycles. The van der Waals surface area contributed by atoms with Crippen LogP contribution in [0.25, 0.3) is 0 Å². The molecule has 3 rings (SSSR count). The summed E-state index contributed by atoms with van der Waals surface area (Å²) in [7, 11) is 0. The van der Waals surface area contributed by atoms with Gasteiger partial charge in [0.15, 0.2) is 0 Å². The Morgan fingerprint density at radius 2 is 2.28 bits per heavy atom. The molecule has 2 aliphatic rings. The van der Waals surface area contributed by atoms with Crippen LogP contribution in [0.2, 0.25) is 0 Å². The highest BCUT2D eigenvalue weighted by Crippen LogP contribution is 2.47. The fourth-order valence-electron chi connectivity index (χ4n) is 3.65. The first-order valence-corrected chi connectivity index (χ1v) is 6.74. The van der Waals surface area contributed by atoms with Crippen molar-refractivity contribution < 1.29 is 8.78 Å². The molecule has 0 aliphatic heterocycles. The molecule has 1 N–H and O–H groups in total. The summed E-state index contributed by atoms with van der Waals surface area (Å²) < 4.78 is 26.1. The summed E-state index contributed by atoms with van der Waals surface area (Å²) in [6.45, 7) is -1.12. The Hall–Kier alpha value is -0.970. The standard InChI is InChI=1S/C13H19F2N3/c14-13(15)18-4-3-17-12(18)8-16-7-11-6-9-1-2-10(11)5-9/h3-4,9-11,13,16H,1-2,5-8H2. The summed E-state index contributed by atoms with van der Waals surface area (Å²) in [6.07, 6.45) is 8.23. The molecular weight excluding hydrogens is 236 g/mol. The van der Waals surface area contributed by atoms with Gasteiger partial charge in [-0.1, -0.05) is 6.42 Å². The Labute approximate surface area is 106 Å². The number of hydrogen-bond donors (Lipinski definition) is 1. The highest BCUT2D eigenvalue weighted by Gasteiger charge is 2.38. The topological polar surface area (TPSA) is 29.9 Å². The molecule has 2 bridgehead atoms. The predicted molar refractivity (Wildman–Crippen MR) is 64.1 cm³/mol. The van der Waals surface area contributed by atoms with Gasteiger partial charge in [0.05, 0.1) is 6.54 Å². The first kappa shape index (κ1) is 12.1. The Kier molecular flexibility index (Phi) is 3.33. The lowest BCUT2D eigenvalue weighted by atomic mass is 9.89. The summed E-state index contributed by atoms with van der Waals surface area (Å²) in [4.78, 5) is 3.97.